The van der Waals surface area contributed by atoms with Crippen LogP contribution in [-0.2, 0) is 24.5 Å². The second-order valence-electron chi connectivity index (χ2n) is 6.35. The summed E-state index contributed by atoms with van der Waals surface area (Å²) in [5, 5.41) is 9.02. The van der Waals surface area contributed by atoms with Gasteiger partial charge in [0.2, 0.25) is 0 Å². The van der Waals surface area contributed by atoms with Gasteiger partial charge in [-0.3, -0.25) is 4.79 Å². The van der Waals surface area contributed by atoms with Crippen LogP contribution in [-0.4, -0.2) is 32.5 Å². The lowest BCUT2D eigenvalue weighted by molar-refractivity contribution is 0.0750. The minimum atomic E-state index is -0.0615. The second-order valence-corrected chi connectivity index (χ2v) is 7.16. The number of fused-ring (bicyclic) bond motifs is 3. The van der Waals surface area contributed by atoms with E-state index in [-0.39, 0.29) is 5.91 Å². The Labute approximate surface area is 164 Å². The number of anilines is 1. The minimum Gasteiger partial charge on any atom is -0.383 e. The van der Waals surface area contributed by atoms with Crippen molar-refractivity contribution in [2.24, 2.45) is 0 Å². The monoisotopic (exact) mass is 427 g/mol. The lowest BCUT2D eigenvalue weighted by Gasteiger charge is -2.20. The van der Waals surface area contributed by atoms with Gasteiger partial charge in [-0.15, -0.1) is 5.10 Å². The van der Waals surface area contributed by atoms with E-state index in [0.29, 0.717) is 42.3 Å². The minimum absolute atomic E-state index is 0.0615. The van der Waals surface area contributed by atoms with Gasteiger partial charge in [0.15, 0.2) is 0 Å². The SMILES string of the molecule is CCN(Cc1ccc(Br)nn1)C(=O)c1ccc2nc(N)c3c(c2c1)COC3. The summed E-state index contributed by atoms with van der Waals surface area (Å²) in [7, 11) is 0. The summed E-state index contributed by atoms with van der Waals surface area (Å²) in [6, 6.07) is 9.17. The molecule has 2 N–H and O–H groups in total. The molecule has 27 heavy (non-hydrogen) atoms. The van der Waals surface area contributed by atoms with Gasteiger partial charge in [-0.25, -0.2) is 4.98 Å². The Kier molecular flexibility index (Phi) is 4.75. The van der Waals surface area contributed by atoms with Crippen molar-refractivity contribution in [3.05, 3.63) is 57.3 Å². The molecule has 0 aliphatic carbocycles. The van der Waals surface area contributed by atoms with Crippen molar-refractivity contribution in [3.8, 4) is 0 Å². The maximum atomic E-state index is 13.1. The summed E-state index contributed by atoms with van der Waals surface area (Å²) in [6.45, 7) is 3.86. The van der Waals surface area contributed by atoms with Crippen LogP contribution < -0.4 is 5.73 Å². The Morgan fingerprint density at radius 2 is 2.04 bits per heavy atom. The predicted molar refractivity (Wildman–Crippen MR) is 105 cm³/mol. The Hall–Kier alpha value is -2.58. The number of rotatable bonds is 4. The molecular formula is C19H18BrN5O2. The topological polar surface area (TPSA) is 94.2 Å². The van der Waals surface area contributed by atoms with Gasteiger partial charge in [0.1, 0.15) is 10.4 Å². The van der Waals surface area contributed by atoms with E-state index in [9.17, 15) is 4.79 Å². The molecule has 4 rings (SSSR count). The van der Waals surface area contributed by atoms with Crippen molar-refractivity contribution in [2.75, 3.05) is 12.3 Å². The van der Waals surface area contributed by atoms with Gasteiger partial charge in [0.05, 0.1) is 31.0 Å². The highest BCUT2D eigenvalue weighted by Crippen LogP contribution is 2.31. The number of pyridine rings is 1. The van der Waals surface area contributed by atoms with E-state index in [4.69, 9.17) is 10.5 Å². The number of carbonyl (C=O) groups excluding carboxylic acids is 1. The number of halogens is 1. The number of ether oxygens (including phenoxy) is 1. The van der Waals surface area contributed by atoms with E-state index in [1.165, 1.54) is 0 Å². The van der Waals surface area contributed by atoms with Crippen LogP contribution in [0.1, 0.15) is 34.1 Å². The third-order valence-electron chi connectivity index (χ3n) is 4.68. The van der Waals surface area contributed by atoms with E-state index in [1.807, 2.05) is 31.2 Å². The Bertz CT molecular complexity index is 1020. The number of nitrogens with zero attached hydrogens (tertiary/aromatic N) is 4. The van der Waals surface area contributed by atoms with Crippen LogP contribution in [0.2, 0.25) is 0 Å². The number of amides is 1. The van der Waals surface area contributed by atoms with Gasteiger partial charge < -0.3 is 15.4 Å². The summed E-state index contributed by atoms with van der Waals surface area (Å²) in [5.41, 5.74) is 10.1. The Morgan fingerprint density at radius 1 is 1.22 bits per heavy atom. The lowest BCUT2D eigenvalue weighted by atomic mass is 10.0. The van der Waals surface area contributed by atoms with Gasteiger partial charge in [-0.05, 0) is 58.7 Å². The molecular weight excluding hydrogens is 410 g/mol. The molecule has 1 aromatic carbocycles. The molecule has 3 aromatic rings. The third-order valence-corrected chi connectivity index (χ3v) is 5.11. The number of hydrogen-bond acceptors (Lipinski definition) is 6. The molecule has 0 fully saturated rings. The summed E-state index contributed by atoms with van der Waals surface area (Å²) in [6.07, 6.45) is 0. The van der Waals surface area contributed by atoms with Crippen LogP contribution in [0.4, 0.5) is 5.82 Å². The lowest BCUT2D eigenvalue weighted by Crippen LogP contribution is -2.30. The molecule has 1 amide bonds. The Morgan fingerprint density at radius 3 is 2.78 bits per heavy atom. The fourth-order valence-electron chi connectivity index (χ4n) is 3.24. The predicted octanol–water partition coefficient (Wildman–Crippen LogP) is 3.06. The number of nitrogens with two attached hydrogens (primary N) is 1. The maximum Gasteiger partial charge on any atom is 0.254 e. The fourth-order valence-corrected chi connectivity index (χ4v) is 3.45. The van der Waals surface area contributed by atoms with Crippen molar-refractivity contribution >= 4 is 38.6 Å². The quantitative estimate of drug-likeness (QED) is 0.687. The van der Waals surface area contributed by atoms with E-state index in [2.05, 4.69) is 31.1 Å². The van der Waals surface area contributed by atoms with Crippen LogP contribution in [0, 0.1) is 0 Å². The summed E-state index contributed by atoms with van der Waals surface area (Å²) >= 11 is 3.27. The van der Waals surface area contributed by atoms with E-state index in [0.717, 1.165) is 27.7 Å². The molecule has 2 aromatic heterocycles. The molecule has 7 nitrogen and oxygen atoms in total. The molecule has 0 bridgehead atoms. The van der Waals surface area contributed by atoms with Crippen molar-refractivity contribution in [1.29, 1.82) is 0 Å². The van der Waals surface area contributed by atoms with Crippen LogP contribution in [0.25, 0.3) is 10.9 Å². The smallest absolute Gasteiger partial charge is 0.254 e. The first-order valence-electron chi connectivity index (χ1n) is 8.63. The van der Waals surface area contributed by atoms with Gasteiger partial charge in [-0.1, -0.05) is 0 Å². The molecule has 0 spiro atoms. The van der Waals surface area contributed by atoms with Gasteiger partial charge in [0, 0.05) is 23.1 Å². The number of nitrogen functional groups attached to an aromatic ring is 1. The highest BCUT2D eigenvalue weighted by molar-refractivity contribution is 9.10. The first-order chi connectivity index (χ1) is 13.1. The summed E-state index contributed by atoms with van der Waals surface area (Å²) in [4.78, 5) is 19.2. The molecule has 0 radical (unpaired) electrons. The zero-order chi connectivity index (χ0) is 19.0. The van der Waals surface area contributed by atoms with E-state index >= 15 is 0 Å². The molecule has 138 valence electrons. The molecule has 0 unspecified atom stereocenters. The van der Waals surface area contributed by atoms with Crippen molar-refractivity contribution in [1.82, 2.24) is 20.1 Å². The van der Waals surface area contributed by atoms with E-state index in [1.54, 1.807) is 11.0 Å². The number of aromatic nitrogens is 3. The van der Waals surface area contributed by atoms with E-state index < -0.39 is 0 Å². The van der Waals surface area contributed by atoms with Gasteiger partial charge in [-0.2, -0.15) is 5.10 Å². The second kappa shape index (κ2) is 7.21. The molecule has 0 saturated carbocycles. The molecule has 8 heteroatoms. The normalized spacial score (nSPS) is 13.0. The van der Waals surface area contributed by atoms with Crippen LogP contribution >= 0.6 is 15.9 Å². The zero-order valence-corrected chi connectivity index (χ0v) is 16.4. The largest absolute Gasteiger partial charge is 0.383 e. The average Bonchev–Trinajstić information content (AvgIpc) is 3.18. The first kappa shape index (κ1) is 17.8. The van der Waals surface area contributed by atoms with Gasteiger partial charge >= 0.3 is 0 Å². The maximum absolute atomic E-state index is 13.1. The van der Waals surface area contributed by atoms with Crippen LogP contribution in [0.3, 0.4) is 0 Å². The van der Waals surface area contributed by atoms with Crippen molar-refractivity contribution in [2.45, 2.75) is 26.7 Å². The molecule has 0 atom stereocenters. The summed E-state index contributed by atoms with van der Waals surface area (Å²) in [5.74, 6) is 0.437. The first-order valence-corrected chi connectivity index (χ1v) is 9.42. The number of carbonyl (C=O) groups is 1. The average molecular weight is 428 g/mol. The molecule has 1 aliphatic rings. The molecule has 0 saturated heterocycles. The third kappa shape index (κ3) is 3.38. The zero-order valence-electron chi connectivity index (χ0n) is 14.8. The fraction of sp³-hybridized carbons (Fsp3) is 0.263. The highest BCUT2D eigenvalue weighted by Gasteiger charge is 2.21. The van der Waals surface area contributed by atoms with Crippen LogP contribution in [0.15, 0.2) is 34.9 Å². The molecule has 3 heterocycles. The molecule has 1 aliphatic heterocycles. The Balaban J connectivity index is 1.67. The van der Waals surface area contributed by atoms with Gasteiger partial charge in [0.25, 0.3) is 5.91 Å². The standard InChI is InChI=1S/C19H18BrN5O2/c1-2-25(8-12-4-6-17(20)24-23-12)19(26)11-3-5-16-13(7-11)14-9-27-10-15(14)18(21)22-16/h3-7H,2,8-10H2,1H3,(H2,21,22). The number of hydrogen-bond donors (Lipinski definition) is 1. The van der Waals surface area contributed by atoms with Crippen molar-refractivity contribution in [3.63, 3.8) is 0 Å². The van der Waals surface area contributed by atoms with Crippen molar-refractivity contribution < 1.29 is 9.53 Å². The van der Waals surface area contributed by atoms with Crippen LogP contribution in [0.5, 0.6) is 0 Å². The highest BCUT2D eigenvalue weighted by atomic mass is 79.9. The summed E-state index contributed by atoms with van der Waals surface area (Å²) < 4.78 is 6.19. The number of benzene rings is 1.